The van der Waals surface area contributed by atoms with E-state index >= 15 is 0 Å². The molecule has 0 saturated heterocycles. The largest absolute Gasteiger partial charge is 0.472 e. The number of esters is 1. The molecule has 0 aromatic rings. The number of amides is 1. The number of nitrogens with one attached hydrogen (secondary N) is 2. The molecule has 0 aliphatic heterocycles. The molecule has 10 heteroatoms. The van der Waals surface area contributed by atoms with Crippen molar-refractivity contribution < 1.29 is 32.8 Å². The predicted octanol–water partition coefficient (Wildman–Crippen LogP) is 5.43. The van der Waals surface area contributed by atoms with Crippen LogP contribution in [0, 0.1) is 0 Å². The molecule has 1 atom stereocenters. The summed E-state index contributed by atoms with van der Waals surface area (Å²) in [5.41, 5.74) is 0. The van der Waals surface area contributed by atoms with Gasteiger partial charge in [0.15, 0.2) is 0 Å². The highest BCUT2D eigenvalue weighted by Gasteiger charge is 2.20. The third-order valence-electron chi connectivity index (χ3n) is 5.46. The highest BCUT2D eigenvalue weighted by molar-refractivity contribution is 7.47. The van der Waals surface area contributed by atoms with Crippen LogP contribution >= 0.6 is 7.82 Å². The molecule has 36 heavy (non-hydrogen) atoms. The molecular weight excluding hydrogens is 483 g/mol. The lowest BCUT2D eigenvalue weighted by Gasteiger charge is -2.12. The number of allylic oxidation sites excluding steroid dienone is 2. The van der Waals surface area contributed by atoms with E-state index in [0.717, 1.165) is 25.7 Å². The summed E-state index contributed by atoms with van der Waals surface area (Å²) in [4.78, 5) is 32.6. The SMILES string of the molecule is CCCCCCCC/C=C\CCCCCCCC(=O)OCCCOP(=O)(O)OCCNC(=O)CNC. The Hall–Kier alpha value is -1.25. The van der Waals surface area contributed by atoms with Gasteiger partial charge in [0.05, 0.1) is 26.4 Å². The second-order valence-corrected chi connectivity index (χ2v) is 10.4. The molecule has 0 rings (SSSR count). The van der Waals surface area contributed by atoms with Crippen molar-refractivity contribution in [2.45, 2.75) is 103 Å². The fraction of sp³-hybridized carbons (Fsp3) is 0.846. The van der Waals surface area contributed by atoms with E-state index in [9.17, 15) is 19.0 Å². The molecular formula is C26H51N2O7P. The van der Waals surface area contributed by atoms with E-state index in [0.29, 0.717) is 12.8 Å². The van der Waals surface area contributed by atoms with Gasteiger partial charge in [0, 0.05) is 19.4 Å². The number of hydrogen-bond acceptors (Lipinski definition) is 7. The average Bonchev–Trinajstić information content (AvgIpc) is 2.84. The monoisotopic (exact) mass is 534 g/mol. The third kappa shape index (κ3) is 25.8. The number of rotatable bonds is 26. The van der Waals surface area contributed by atoms with Crippen molar-refractivity contribution in [2.24, 2.45) is 0 Å². The molecule has 0 saturated carbocycles. The van der Waals surface area contributed by atoms with Crippen LogP contribution in [-0.2, 0) is 27.9 Å². The first-order valence-corrected chi connectivity index (χ1v) is 15.2. The van der Waals surface area contributed by atoms with Crippen molar-refractivity contribution in [2.75, 3.05) is 40.0 Å². The number of carbonyl (C=O) groups excluding carboxylic acids is 2. The van der Waals surface area contributed by atoms with Crippen molar-refractivity contribution in [3.05, 3.63) is 12.2 Å². The van der Waals surface area contributed by atoms with Gasteiger partial charge in [0.1, 0.15) is 0 Å². The Balaban J connectivity index is 3.47. The first kappa shape index (κ1) is 34.8. The number of likely N-dealkylation sites (N-methyl/N-ethyl adjacent to an activating group) is 1. The van der Waals surface area contributed by atoms with Crippen molar-refractivity contribution >= 4 is 19.7 Å². The smallest absolute Gasteiger partial charge is 0.466 e. The molecule has 1 amide bonds. The Kier molecular flexibility index (Phi) is 24.5. The summed E-state index contributed by atoms with van der Waals surface area (Å²) >= 11 is 0. The fourth-order valence-corrected chi connectivity index (χ4v) is 4.21. The summed E-state index contributed by atoms with van der Waals surface area (Å²) in [5.74, 6) is -0.494. The van der Waals surface area contributed by atoms with Crippen molar-refractivity contribution in [3.63, 3.8) is 0 Å². The van der Waals surface area contributed by atoms with Gasteiger partial charge in [-0.3, -0.25) is 18.6 Å². The highest BCUT2D eigenvalue weighted by atomic mass is 31.2. The van der Waals surface area contributed by atoms with Gasteiger partial charge in [-0.25, -0.2) is 4.57 Å². The molecule has 0 radical (unpaired) electrons. The number of phosphoric ester groups is 1. The lowest BCUT2D eigenvalue weighted by atomic mass is 10.1. The van der Waals surface area contributed by atoms with E-state index in [-0.39, 0.29) is 44.8 Å². The second-order valence-electron chi connectivity index (χ2n) is 8.92. The Morgan fingerprint density at radius 3 is 2.03 bits per heavy atom. The summed E-state index contributed by atoms with van der Waals surface area (Å²) in [6, 6.07) is 0. The van der Waals surface area contributed by atoms with E-state index in [1.807, 2.05) is 0 Å². The third-order valence-corrected chi connectivity index (χ3v) is 6.48. The van der Waals surface area contributed by atoms with Crippen molar-refractivity contribution in [1.29, 1.82) is 0 Å². The first-order valence-electron chi connectivity index (χ1n) is 13.7. The summed E-state index contributed by atoms with van der Waals surface area (Å²) in [6.45, 7) is 2.42. The number of unbranched alkanes of at least 4 members (excludes halogenated alkanes) is 11. The van der Waals surface area contributed by atoms with Crippen LogP contribution < -0.4 is 10.6 Å². The van der Waals surface area contributed by atoms with Gasteiger partial charge >= 0.3 is 13.8 Å². The zero-order chi connectivity index (χ0) is 26.7. The molecule has 0 aliphatic carbocycles. The van der Waals surface area contributed by atoms with Gasteiger partial charge < -0.3 is 20.3 Å². The van der Waals surface area contributed by atoms with Crippen LogP contribution in [0.15, 0.2) is 12.2 Å². The van der Waals surface area contributed by atoms with Crippen LogP contribution in [0.4, 0.5) is 0 Å². The van der Waals surface area contributed by atoms with Crippen LogP contribution in [0.2, 0.25) is 0 Å². The number of phosphoric acid groups is 1. The maximum atomic E-state index is 11.8. The lowest BCUT2D eigenvalue weighted by Crippen LogP contribution is -2.34. The number of ether oxygens (including phenoxy) is 1. The standard InChI is InChI=1S/C26H51N2O7P/c1-3-4-5-6-7-8-9-10-11-12-13-14-15-16-17-19-26(30)33-21-18-22-34-36(31,32)35-23-20-28-25(29)24-27-2/h10-11,27H,3-9,12-24H2,1-2H3,(H,28,29)(H,31,32)/b11-10-. The second kappa shape index (κ2) is 25.4. The molecule has 0 fully saturated rings. The topological polar surface area (TPSA) is 123 Å². The average molecular weight is 535 g/mol. The van der Waals surface area contributed by atoms with Gasteiger partial charge in [-0.1, -0.05) is 70.4 Å². The maximum Gasteiger partial charge on any atom is 0.472 e. The minimum Gasteiger partial charge on any atom is -0.466 e. The zero-order valence-corrected chi connectivity index (χ0v) is 23.5. The molecule has 0 bridgehead atoms. The van der Waals surface area contributed by atoms with E-state index in [1.165, 1.54) is 57.8 Å². The highest BCUT2D eigenvalue weighted by Crippen LogP contribution is 2.42. The maximum absolute atomic E-state index is 11.8. The van der Waals surface area contributed by atoms with E-state index in [1.54, 1.807) is 7.05 Å². The zero-order valence-electron chi connectivity index (χ0n) is 22.6. The Bertz CT molecular complexity index is 617. The molecule has 212 valence electrons. The van der Waals surface area contributed by atoms with Crippen LogP contribution in [0.25, 0.3) is 0 Å². The number of hydrogen-bond donors (Lipinski definition) is 3. The van der Waals surface area contributed by atoms with Crippen LogP contribution in [0.3, 0.4) is 0 Å². The molecule has 0 heterocycles. The Morgan fingerprint density at radius 2 is 1.39 bits per heavy atom. The van der Waals surface area contributed by atoms with Crippen LogP contribution in [0.1, 0.15) is 103 Å². The summed E-state index contributed by atoms with van der Waals surface area (Å²) < 4.78 is 26.4. The van der Waals surface area contributed by atoms with Crippen molar-refractivity contribution in [3.8, 4) is 0 Å². The normalized spacial score (nSPS) is 13.1. The molecule has 0 aromatic carbocycles. The molecule has 0 aromatic heterocycles. The summed E-state index contributed by atoms with van der Waals surface area (Å²) in [7, 11) is -2.55. The molecule has 3 N–H and O–H groups in total. The van der Waals surface area contributed by atoms with Gasteiger partial charge in [-0.2, -0.15) is 0 Å². The van der Waals surface area contributed by atoms with Gasteiger partial charge in [-0.15, -0.1) is 0 Å². The van der Waals surface area contributed by atoms with Crippen molar-refractivity contribution in [1.82, 2.24) is 10.6 Å². The van der Waals surface area contributed by atoms with Crippen LogP contribution in [0.5, 0.6) is 0 Å². The summed E-state index contributed by atoms with van der Waals surface area (Å²) in [6.07, 6.45) is 21.0. The Morgan fingerprint density at radius 1 is 0.806 bits per heavy atom. The van der Waals surface area contributed by atoms with E-state index < -0.39 is 7.82 Å². The van der Waals surface area contributed by atoms with E-state index in [2.05, 4.69) is 29.7 Å². The minimum absolute atomic E-state index is 0.0689. The van der Waals surface area contributed by atoms with E-state index in [4.69, 9.17) is 13.8 Å². The van der Waals surface area contributed by atoms with Gasteiger partial charge in [0.2, 0.25) is 5.91 Å². The minimum atomic E-state index is -4.19. The quantitative estimate of drug-likeness (QED) is 0.0581. The fourth-order valence-electron chi connectivity index (χ4n) is 3.45. The predicted molar refractivity (Wildman–Crippen MR) is 144 cm³/mol. The summed E-state index contributed by atoms with van der Waals surface area (Å²) in [5, 5.41) is 5.21. The molecule has 9 nitrogen and oxygen atoms in total. The Labute approximate surface area is 218 Å². The molecule has 1 unspecified atom stereocenters. The van der Waals surface area contributed by atoms with Gasteiger partial charge in [0.25, 0.3) is 0 Å². The molecule has 0 aliphatic rings. The van der Waals surface area contributed by atoms with Crippen LogP contribution in [-0.4, -0.2) is 56.7 Å². The lowest BCUT2D eigenvalue weighted by molar-refractivity contribution is -0.144. The van der Waals surface area contributed by atoms with Gasteiger partial charge in [-0.05, 0) is 39.2 Å². The number of carbonyl (C=O) groups is 2. The first-order chi connectivity index (χ1) is 17.4. The molecule has 0 spiro atoms.